The normalized spacial score (nSPS) is 47.7. The molecule has 1 aliphatic rings. The van der Waals surface area contributed by atoms with E-state index in [0.29, 0.717) is 0 Å². The highest BCUT2D eigenvalue weighted by Crippen LogP contribution is 2.25. The fourth-order valence-corrected chi connectivity index (χ4v) is 1.33. The number of aliphatic hydroxyl groups is 3. The number of aliphatic hydroxyl groups excluding tert-OH is 3. The molecule has 0 aliphatic carbocycles. The van der Waals surface area contributed by atoms with Crippen molar-refractivity contribution in [3.8, 4) is 0 Å². The average Bonchev–Trinajstić information content (AvgIpc) is 2.17. The van der Waals surface area contributed by atoms with E-state index < -0.39 is 30.0 Å². The maximum Gasteiger partial charge on any atom is 0.160 e. The van der Waals surface area contributed by atoms with E-state index in [1.165, 1.54) is 6.92 Å². The zero-order valence-corrected chi connectivity index (χ0v) is 6.77. The number of ether oxygens (including phenoxy) is 1. The second-order valence-corrected chi connectivity index (χ2v) is 3.10. The molecule has 4 nitrogen and oxygen atoms in total. The van der Waals surface area contributed by atoms with Gasteiger partial charge in [-0.1, -0.05) is 11.6 Å². The molecule has 66 valence electrons. The molecule has 5 heteroatoms. The van der Waals surface area contributed by atoms with Crippen LogP contribution in [0.1, 0.15) is 6.92 Å². The second kappa shape index (κ2) is 3.25. The molecule has 0 aromatic rings. The summed E-state index contributed by atoms with van der Waals surface area (Å²) < 4.78 is 4.86. The Morgan fingerprint density at radius 3 is 2.09 bits per heavy atom. The van der Waals surface area contributed by atoms with Crippen molar-refractivity contribution >= 4 is 11.6 Å². The second-order valence-electron chi connectivity index (χ2n) is 2.67. The number of hydrogen-bond acceptors (Lipinski definition) is 4. The van der Waals surface area contributed by atoms with E-state index >= 15 is 0 Å². The lowest BCUT2D eigenvalue weighted by molar-refractivity contribution is -0.0467. The lowest BCUT2D eigenvalue weighted by Crippen LogP contribution is -2.37. The summed E-state index contributed by atoms with van der Waals surface area (Å²) in [7, 11) is 0. The minimum atomic E-state index is -1.11. The Labute approximate surface area is 69.4 Å². The third-order valence-electron chi connectivity index (χ3n) is 1.72. The smallest absolute Gasteiger partial charge is 0.160 e. The Bertz CT molecular complexity index is 141. The monoisotopic (exact) mass is 182 g/mol. The zero-order chi connectivity index (χ0) is 8.59. The lowest BCUT2D eigenvalue weighted by atomic mass is 10.1. The summed E-state index contributed by atoms with van der Waals surface area (Å²) in [6.45, 7) is 1.47. The Morgan fingerprint density at radius 2 is 1.91 bits per heavy atom. The van der Waals surface area contributed by atoms with Crippen LogP contribution in [0.2, 0.25) is 0 Å². The maximum absolute atomic E-state index is 9.18. The summed E-state index contributed by atoms with van der Waals surface area (Å²) >= 11 is 5.45. The molecular weight excluding hydrogens is 172 g/mol. The predicted octanol–water partition coefficient (Wildman–Crippen LogP) is -0.947. The molecule has 0 saturated carbocycles. The van der Waals surface area contributed by atoms with Crippen molar-refractivity contribution in [3.05, 3.63) is 0 Å². The fraction of sp³-hybridized carbons (Fsp3) is 1.00. The molecule has 0 aromatic heterocycles. The highest BCUT2D eigenvalue weighted by molar-refractivity contribution is 6.20. The van der Waals surface area contributed by atoms with Crippen LogP contribution < -0.4 is 0 Å². The van der Waals surface area contributed by atoms with Crippen LogP contribution in [0.25, 0.3) is 0 Å². The first-order valence-corrected chi connectivity index (χ1v) is 3.81. The summed E-state index contributed by atoms with van der Waals surface area (Å²) in [5.74, 6) is 0. The van der Waals surface area contributed by atoms with Gasteiger partial charge in [0.05, 0.1) is 6.10 Å². The first-order chi connectivity index (χ1) is 5.04. The van der Waals surface area contributed by atoms with Gasteiger partial charge in [-0.05, 0) is 6.92 Å². The number of rotatable bonds is 1. The minimum absolute atomic E-state index is 0.785. The van der Waals surface area contributed by atoms with Gasteiger partial charge in [0.15, 0.2) is 5.56 Å². The molecule has 0 bridgehead atoms. The molecule has 1 rings (SSSR count). The molecule has 0 radical (unpaired) electrons. The van der Waals surface area contributed by atoms with Gasteiger partial charge in [0.25, 0.3) is 0 Å². The molecule has 0 aromatic carbocycles. The topological polar surface area (TPSA) is 69.9 Å². The van der Waals surface area contributed by atoms with Crippen molar-refractivity contribution in [1.82, 2.24) is 0 Å². The maximum atomic E-state index is 9.18. The largest absolute Gasteiger partial charge is 0.391 e. The van der Waals surface area contributed by atoms with Crippen molar-refractivity contribution in [2.24, 2.45) is 0 Å². The van der Waals surface area contributed by atoms with Crippen molar-refractivity contribution < 1.29 is 20.1 Å². The first-order valence-electron chi connectivity index (χ1n) is 3.37. The quantitative estimate of drug-likeness (QED) is 0.458. The van der Waals surface area contributed by atoms with E-state index in [2.05, 4.69) is 0 Å². The molecule has 1 fully saturated rings. The number of halogens is 1. The van der Waals surface area contributed by atoms with Gasteiger partial charge in [-0.25, -0.2) is 0 Å². The van der Waals surface area contributed by atoms with Gasteiger partial charge in [0.2, 0.25) is 0 Å². The van der Waals surface area contributed by atoms with Crippen LogP contribution in [-0.2, 0) is 4.74 Å². The SMILES string of the molecule is C[C@H](O)[C@@H]1OC(Cl)[C@H](O)[C@@H]1O. The van der Waals surface area contributed by atoms with Gasteiger partial charge in [-0.15, -0.1) is 0 Å². The molecule has 0 amide bonds. The van der Waals surface area contributed by atoms with Crippen molar-refractivity contribution in [2.75, 3.05) is 0 Å². The van der Waals surface area contributed by atoms with Gasteiger partial charge < -0.3 is 20.1 Å². The average molecular weight is 183 g/mol. The van der Waals surface area contributed by atoms with E-state index in [1.807, 2.05) is 0 Å². The van der Waals surface area contributed by atoms with Crippen LogP contribution in [-0.4, -0.2) is 45.3 Å². The molecule has 3 N–H and O–H groups in total. The molecule has 0 spiro atoms. The summed E-state index contributed by atoms with van der Waals surface area (Å²) in [5.41, 5.74) is -0.926. The van der Waals surface area contributed by atoms with E-state index in [1.54, 1.807) is 0 Å². The molecule has 5 atom stereocenters. The van der Waals surface area contributed by atoms with Gasteiger partial charge in [-0.3, -0.25) is 0 Å². The van der Waals surface area contributed by atoms with Gasteiger partial charge >= 0.3 is 0 Å². The van der Waals surface area contributed by atoms with Crippen molar-refractivity contribution in [2.45, 2.75) is 36.9 Å². The summed E-state index contributed by atoms with van der Waals surface area (Å²) in [4.78, 5) is 0. The molecular formula is C6H11ClO4. The number of alkyl halides is 1. The Morgan fingerprint density at radius 1 is 1.36 bits per heavy atom. The third kappa shape index (κ3) is 1.65. The standard InChI is InChI=1S/C6H11ClO4/c1-2(8)5-3(9)4(10)6(7)11-5/h2-6,8-10H,1H3/t2-,3-,4+,5-,6?/m0/s1. The fourth-order valence-electron chi connectivity index (χ4n) is 1.06. The van der Waals surface area contributed by atoms with Crippen LogP contribution >= 0.6 is 11.6 Å². The van der Waals surface area contributed by atoms with Crippen LogP contribution in [0.15, 0.2) is 0 Å². The van der Waals surface area contributed by atoms with Crippen molar-refractivity contribution in [3.63, 3.8) is 0 Å². The molecule has 1 aliphatic heterocycles. The zero-order valence-electron chi connectivity index (χ0n) is 6.01. The van der Waals surface area contributed by atoms with Crippen LogP contribution in [0.5, 0.6) is 0 Å². The Kier molecular flexibility index (Phi) is 2.72. The van der Waals surface area contributed by atoms with E-state index in [-0.39, 0.29) is 0 Å². The van der Waals surface area contributed by atoms with E-state index in [4.69, 9.17) is 26.6 Å². The van der Waals surface area contributed by atoms with Gasteiger partial charge in [-0.2, -0.15) is 0 Å². The molecule has 1 unspecified atom stereocenters. The molecule has 11 heavy (non-hydrogen) atoms. The summed E-state index contributed by atoms with van der Waals surface area (Å²) in [6, 6.07) is 0. The Balaban J connectivity index is 2.59. The van der Waals surface area contributed by atoms with E-state index in [0.717, 1.165) is 0 Å². The summed E-state index contributed by atoms with van der Waals surface area (Å²) in [5, 5.41) is 27.2. The highest BCUT2D eigenvalue weighted by Gasteiger charge is 2.43. The Hall–Kier alpha value is 0.130. The highest BCUT2D eigenvalue weighted by atomic mass is 35.5. The van der Waals surface area contributed by atoms with Crippen LogP contribution in [0, 0.1) is 0 Å². The van der Waals surface area contributed by atoms with Gasteiger partial charge in [0, 0.05) is 0 Å². The molecule has 1 heterocycles. The van der Waals surface area contributed by atoms with E-state index in [9.17, 15) is 5.11 Å². The minimum Gasteiger partial charge on any atom is -0.391 e. The summed E-state index contributed by atoms with van der Waals surface area (Å²) in [6.07, 6.45) is -3.83. The van der Waals surface area contributed by atoms with Crippen LogP contribution in [0.4, 0.5) is 0 Å². The van der Waals surface area contributed by atoms with Gasteiger partial charge in [0.1, 0.15) is 18.3 Å². The molecule has 1 saturated heterocycles. The first kappa shape index (κ1) is 9.22. The third-order valence-corrected chi connectivity index (χ3v) is 2.08. The van der Waals surface area contributed by atoms with Crippen molar-refractivity contribution in [1.29, 1.82) is 0 Å². The van der Waals surface area contributed by atoms with Crippen LogP contribution in [0.3, 0.4) is 0 Å². The lowest BCUT2D eigenvalue weighted by Gasteiger charge is -2.16. The predicted molar refractivity (Wildman–Crippen MR) is 38.2 cm³/mol. The number of hydrogen-bond donors (Lipinski definition) is 3.